The van der Waals surface area contributed by atoms with E-state index in [1.54, 1.807) is 17.1 Å². The van der Waals surface area contributed by atoms with Crippen molar-refractivity contribution in [2.75, 3.05) is 13.2 Å². The Morgan fingerprint density at radius 2 is 2.38 bits per heavy atom. The first-order valence-electron chi connectivity index (χ1n) is 7.69. The van der Waals surface area contributed by atoms with Crippen LogP contribution in [0.25, 0.3) is 0 Å². The van der Waals surface area contributed by atoms with Crippen molar-refractivity contribution < 1.29 is 9.53 Å². The summed E-state index contributed by atoms with van der Waals surface area (Å²) in [5.41, 5.74) is 6.13. The monoisotopic (exact) mass is 295 g/mol. The summed E-state index contributed by atoms with van der Waals surface area (Å²) in [7, 11) is 0. The SMILES string of the molecule is CCCO[C@@H]1CC[C@H](C(=O)NCCn2ccnn2)C[C@H]1N. The van der Waals surface area contributed by atoms with E-state index in [1.807, 2.05) is 0 Å². The average Bonchev–Trinajstić information content (AvgIpc) is 2.99. The molecule has 7 nitrogen and oxygen atoms in total. The van der Waals surface area contributed by atoms with Gasteiger partial charge in [0.2, 0.25) is 5.91 Å². The maximum atomic E-state index is 12.1. The third-order valence-electron chi connectivity index (χ3n) is 3.85. The van der Waals surface area contributed by atoms with Crippen molar-refractivity contribution in [1.82, 2.24) is 20.3 Å². The highest BCUT2D eigenvalue weighted by Gasteiger charge is 2.32. The molecule has 3 atom stereocenters. The second-order valence-electron chi connectivity index (χ2n) is 5.54. The third-order valence-corrected chi connectivity index (χ3v) is 3.85. The molecule has 118 valence electrons. The number of aromatic nitrogens is 3. The zero-order chi connectivity index (χ0) is 15.1. The van der Waals surface area contributed by atoms with Gasteiger partial charge in [-0.05, 0) is 25.7 Å². The molecule has 0 bridgehead atoms. The molecule has 1 aromatic heterocycles. The molecule has 1 saturated carbocycles. The molecule has 1 aliphatic rings. The lowest BCUT2D eigenvalue weighted by Crippen LogP contribution is -2.46. The number of hydrogen-bond donors (Lipinski definition) is 2. The highest BCUT2D eigenvalue weighted by Crippen LogP contribution is 2.25. The summed E-state index contributed by atoms with van der Waals surface area (Å²) in [6.07, 6.45) is 6.90. The zero-order valence-corrected chi connectivity index (χ0v) is 12.6. The van der Waals surface area contributed by atoms with Gasteiger partial charge in [-0.2, -0.15) is 0 Å². The number of rotatable bonds is 7. The Hall–Kier alpha value is -1.47. The fraction of sp³-hybridized carbons (Fsp3) is 0.786. The largest absolute Gasteiger partial charge is 0.377 e. The van der Waals surface area contributed by atoms with Crippen LogP contribution in [0.4, 0.5) is 0 Å². The molecule has 0 radical (unpaired) electrons. The van der Waals surface area contributed by atoms with E-state index in [-0.39, 0.29) is 24.0 Å². The highest BCUT2D eigenvalue weighted by atomic mass is 16.5. The Morgan fingerprint density at radius 3 is 3.05 bits per heavy atom. The molecule has 1 fully saturated rings. The Kier molecular flexibility index (Phi) is 6.13. The maximum absolute atomic E-state index is 12.1. The van der Waals surface area contributed by atoms with E-state index in [0.717, 1.165) is 25.9 Å². The van der Waals surface area contributed by atoms with Crippen LogP contribution in [-0.2, 0) is 16.1 Å². The standard InChI is InChI=1S/C14H25N5O2/c1-2-9-21-13-4-3-11(10-12(13)15)14(20)16-5-7-19-8-6-17-18-19/h6,8,11-13H,2-5,7,9-10,15H2,1H3,(H,16,20)/t11-,12+,13+/m0/s1. The third kappa shape index (κ3) is 4.78. The van der Waals surface area contributed by atoms with Crippen LogP contribution in [-0.4, -0.2) is 46.2 Å². The molecule has 0 unspecified atom stereocenters. The lowest BCUT2D eigenvalue weighted by Gasteiger charge is -2.33. The van der Waals surface area contributed by atoms with E-state index in [0.29, 0.717) is 19.5 Å². The average molecular weight is 295 g/mol. The van der Waals surface area contributed by atoms with Gasteiger partial charge in [0.15, 0.2) is 0 Å². The Bertz CT molecular complexity index is 423. The number of nitrogens with two attached hydrogens (primary N) is 1. The summed E-state index contributed by atoms with van der Waals surface area (Å²) in [6, 6.07) is -0.0450. The number of carbonyl (C=O) groups is 1. The van der Waals surface area contributed by atoms with Crippen molar-refractivity contribution in [2.45, 2.75) is 51.3 Å². The molecule has 0 aliphatic heterocycles. The molecule has 1 aromatic rings. The van der Waals surface area contributed by atoms with Gasteiger partial charge in [-0.15, -0.1) is 5.10 Å². The maximum Gasteiger partial charge on any atom is 0.223 e. The first-order chi connectivity index (χ1) is 10.2. The van der Waals surface area contributed by atoms with E-state index in [2.05, 4.69) is 22.6 Å². The fourth-order valence-corrected chi connectivity index (χ4v) is 2.68. The van der Waals surface area contributed by atoms with Crippen molar-refractivity contribution in [3.8, 4) is 0 Å². The molecule has 0 spiro atoms. The lowest BCUT2D eigenvalue weighted by molar-refractivity contribution is -0.127. The summed E-state index contributed by atoms with van der Waals surface area (Å²) < 4.78 is 7.42. The zero-order valence-electron chi connectivity index (χ0n) is 12.6. The van der Waals surface area contributed by atoms with E-state index >= 15 is 0 Å². The van der Waals surface area contributed by atoms with Crippen molar-refractivity contribution in [2.24, 2.45) is 11.7 Å². The van der Waals surface area contributed by atoms with Crippen molar-refractivity contribution in [3.63, 3.8) is 0 Å². The molecule has 2 rings (SSSR count). The van der Waals surface area contributed by atoms with Crippen LogP contribution in [0.15, 0.2) is 12.4 Å². The predicted octanol–water partition coefficient (Wildman–Crippen LogP) is 0.317. The van der Waals surface area contributed by atoms with Crippen LogP contribution in [0.2, 0.25) is 0 Å². The second kappa shape index (κ2) is 8.09. The van der Waals surface area contributed by atoms with Crippen molar-refractivity contribution in [1.29, 1.82) is 0 Å². The molecular formula is C14H25N5O2. The minimum absolute atomic E-state index is 0.00257. The minimum atomic E-state index is -0.0450. The Morgan fingerprint density at radius 1 is 1.52 bits per heavy atom. The predicted molar refractivity (Wildman–Crippen MR) is 78.4 cm³/mol. The first-order valence-corrected chi connectivity index (χ1v) is 7.69. The van der Waals surface area contributed by atoms with Gasteiger partial charge in [0.25, 0.3) is 0 Å². The number of amides is 1. The number of nitrogens with one attached hydrogen (secondary N) is 1. The van der Waals surface area contributed by atoms with Crippen LogP contribution < -0.4 is 11.1 Å². The van der Waals surface area contributed by atoms with E-state index in [1.165, 1.54) is 0 Å². The van der Waals surface area contributed by atoms with E-state index in [9.17, 15) is 4.79 Å². The number of ether oxygens (including phenoxy) is 1. The molecule has 1 amide bonds. The van der Waals surface area contributed by atoms with E-state index < -0.39 is 0 Å². The Balaban J connectivity index is 1.69. The van der Waals surface area contributed by atoms with Gasteiger partial charge in [-0.1, -0.05) is 12.1 Å². The molecule has 0 saturated heterocycles. The molecular weight excluding hydrogens is 270 g/mol. The fourth-order valence-electron chi connectivity index (χ4n) is 2.68. The summed E-state index contributed by atoms with van der Waals surface area (Å²) in [4.78, 5) is 12.1. The van der Waals surface area contributed by atoms with Gasteiger partial charge in [-0.3, -0.25) is 9.48 Å². The first kappa shape index (κ1) is 15.9. The van der Waals surface area contributed by atoms with Crippen LogP contribution in [0.3, 0.4) is 0 Å². The minimum Gasteiger partial charge on any atom is -0.377 e. The molecule has 21 heavy (non-hydrogen) atoms. The molecule has 1 aliphatic carbocycles. The topological polar surface area (TPSA) is 95.1 Å². The van der Waals surface area contributed by atoms with Gasteiger partial charge in [0, 0.05) is 31.3 Å². The highest BCUT2D eigenvalue weighted by molar-refractivity contribution is 5.78. The van der Waals surface area contributed by atoms with Crippen molar-refractivity contribution >= 4 is 5.91 Å². The summed E-state index contributed by atoms with van der Waals surface area (Å²) in [5, 5.41) is 10.5. The normalized spacial score (nSPS) is 25.7. The second-order valence-corrected chi connectivity index (χ2v) is 5.54. The van der Waals surface area contributed by atoms with Crippen molar-refractivity contribution in [3.05, 3.63) is 12.4 Å². The van der Waals surface area contributed by atoms with Gasteiger partial charge in [-0.25, -0.2) is 0 Å². The van der Waals surface area contributed by atoms with Gasteiger partial charge < -0.3 is 15.8 Å². The van der Waals surface area contributed by atoms with Crippen LogP contribution in [0.5, 0.6) is 0 Å². The smallest absolute Gasteiger partial charge is 0.223 e. The van der Waals surface area contributed by atoms with Crippen LogP contribution in [0, 0.1) is 5.92 Å². The van der Waals surface area contributed by atoms with Gasteiger partial charge >= 0.3 is 0 Å². The van der Waals surface area contributed by atoms with Gasteiger partial charge in [0.05, 0.1) is 18.8 Å². The van der Waals surface area contributed by atoms with Gasteiger partial charge in [0.1, 0.15) is 0 Å². The summed E-state index contributed by atoms with van der Waals surface area (Å²) in [5.74, 6) is 0.0803. The molecule has 3 N–H and O–H groups in total. The number of nitrogens with zero attached hydrogens (tertiary/aromatic N) is 3. The number of carbonyl (C=O) groups excluding carboxylic acids is 1. The van der Waals surface area contributed by atoms with Crippen LogP contribution >= 0.6 is 0 Å². The number of hydrogen-bond acceptors (Lipinski definition) is 5. The molecule has 7 heteroatoms. The van der Waals surface area contributed by atoms with E-state index in [4.69, 9.17) is 10.5 Å². The van der Waals surface area contributed by atoms with Crippen LogP contribution in [0.1, 0.15) is 32.6 Å². The summed E-state index contributed by atoms with van der Waals surface area (Å²) in [6.45, 7) is 4.02. The molecule has 1 heterocycles. The molecule has 0 aromatic carbocycles. The Labute approximate surface area is 125 Å². The summed E-state index contributed by atoms with van der Waals surface area (Å²) >= 11 is 0. The quantitative estimate of drug-likeness (QED) is 0.755. The lowest BCUT2D eigenvalue weighted by atomic mass is 9.83.